The summed E-state index contributed by atoms with van der Waals surface area (Å²) in [6.45, 7) is 34.0. The lowest BCUT2D eigenvalue weighted by molar-refractivity contribution is 0.945. The molecule has 0 radical (unpaired) electrons. The molecule has 23 nitrogen and oxygen atoms in total. The fraction of sp³-hybridized carbons (Fsp3) is 0.145. The van der Waals surface area contributed by atoms with Crippen LogP contribution in [0.1, 0.15) is 96.4 Å². The first kappa shape index (κ1) is 92.5. The summed E-state index contributed by atoms with van der Waals surface area (Å²) in [6, 6.07) is 92.4. The minimum atomic E-state index is 0. The third-order valence-electron chi connectivity index (χ3n) is 26.3. The van der Waals surface area contributed by atoms with Crippen LogP contribution in [0.25, 0.3) is 136 Å². The summed E-state index contributed by atoms with van der Waals surface area (Å²) in [5.41, 5.74) is 40.8. The van der Waals surface area contributed by atoms with Crippen LogP contribution in [0.2, 0.25) is 0 Å². The highest BCUT2D eigenvalue weighted by Gasteiger charge is 2.21. The number of para-hydroxylation sites is 1. The van der Waals surface area contributed by atoms with Gasteiger partial charge in [0.1, 0.15) is 28.5 Å². The highest BCUT2D eigenvalue weighted by Crippen LogP contribution is 2.40. The molecule has 142 heavy (non-hydrogen) atoms. The number of rotatable bonds is 15. The molecule has 0 aliphatic carbocycles. The molecule has 8 N–H and O–H groups in total. The lowest BCUT2D eigenvalue weighted by Gasteiger charge is -2.09. The molecule has 0 fully saturated rings. The van der Waals surface area contributed by atoms with E-state index >= 15 is 0 Å². The zero-order valence-corrected chi connectivity index (χ0v) is 82.9. The van der Waals surface area contributed by atoms with E-state index in [1.807, 2.05) is 114 Å². The first-order chi connectivity index (χ1) is 68.3. The second-order valence-electron chi connectivity index (χ2n) is 36.7. The van der Waals surface area contributed by atoms with Crippen LogP contribution in [0.5, 0.6) is 0 Å². The monoisotopic (exact) mass is 1900 g/mol. The third-order valence-corrected chi connectivity index (χ3v) is 28.8. The number of aryl methyl sites for hydroxylation is 16. The molecule has 0 atom stereocenters. The molecule has 0 amide bonds. The summed E-state index contributed by atoms with van der Waals surface area (Å²) in [5, 5.41) is 47.0. The van der Waals surface area contributed by atoms with E-state index in [2.05, 4.69) is 383 Å². The normalized spacial score (nSPS) is 11.3. The van der Waals surface area contributed by atoms with Crippen molar-refractivity contribution in [2.24, 2.45) is 0 Å². The predicted octanol–water partition coefficient (Wildman–Crippen LogP) is 30.1. The van der Waals surface area contributed by atoms with Gasteiger partial charge in [0.25, 0.3) is 0 Å². The van der Waals surface area contributed by atoms with Gasteiger partial charge in [-0.2, -0.15) is 0 Å². The van der Waals surface area contributed by atoms with Crippen LogP contribution >= 0.6 is 22.7 Å². The molecule has 0 saturated heterocycles. The highest BCUT2D eigenvalue weighted by atomic mass is 32.1. The van der Waals surface area contributed by atoms with Gasteiger partial charge in [-0.05, 0) is 381 Å². The topological polar surface area (TPSA) is 258 Å². The molecule has 15 heterocycles. The number of nitrogens with zero attached hydrogens (tertiary/aromatic N) is 15. The van der Waals surface area contributed by atoms with E-state index in [4.69, 9.17) is 25.5 Å². The fourth-order valence-corrected chi connectivity index (χ4v) is 19.7. The van der Waals surface area contributed by atoms with Crippen LogP contribution < -0.4 is 26.6 Å². The fourth-order valence-electron chi connectivity index (χ4n) is 17.4. The quantitative estimate of drug-likeness (QED) is 0.0475. The van der Waals surface area contributed by atoms with E-state index < -0.39 is 0 Å². The maximum atomic E-state index is 4.81. The summed E-state index contributed by atoms with van der Waals surface area (Å²) in [5.74, 6) is 3.94. The van der Waals surface area contributed by atoms with Gasteiger partial charge >= 0.3 is 0 Å². The van der Waals surface area contributed by atoms with E-state index in [0.29, 0.717) is 0 Å². The van der Waals surface area contributed by atoms with Crippen molar-refractivity contribution in [1.29, 1.82) is 0 Å². The van der Waals surface area contributed by atoms with Crippen LogP contribution in [0.4, 0.5) is 57.5 Å². The second kappa shape index (κ2) is 38.7. The van der Waals surface area contributed by atoms with Gasteiger partial charge in [-0.15, -0.1) is 48.2 Å². The van der Waals surface area contributed by atoms with Crippen molar-refractivity contribution in [3.05, 3.63) is 387 Å². The molecule has 10 aromatic carbocycles. The Morgan fingerprint density at radius 3 is 0.986 bits per heavy atom. The van der Waals surface area contributed by atoms with Crippen molar-refractivity contribution < 1.29 is 0 Å². The number of nitrogens with one attached hydrogen (secondary N) is 8. The van der Waals surface area contributed by atoms with Gasteiger partial charge in [-0.25, -0.2) is 47.5 Å². The molecular weight excluding hydrogens is 1790 g/mol. The summed E-state index contributed by atoms with van der Waals surface area (Å²) in [6.07, 6.45) is 9.40. The number of fused-ring (bicyclic) bond motifs is 10. The minimum absolute atomic E-state index is 0. The number of aromatic amines is 3. The third kappa shape index (κ3) is 19.2. The molecule has 25 heteroatoms. The SMILES string of the molecule is C.Cc1ccc(Nc2ccc3ncc(-c4cc5cc(C)c(C)cc5s4)n3n2)cc1C.Cc1ccc(Nc2ccc3ncc(-c4cc5cccc(C)c5[nH]4)n3n2)cc1C.Cc1ccc(Nc2ccc3ncc(-c4cc5cccc(C)c5s4)n3n2)cc1C.Cc1ccc2[nH]c(-c3cnc4ccc(Nc5ccc(C)c(C)c5)nn34)cc2c1.Cc1ccc2cc(-c3cnc4ccc(Nc5ccc(C)c(C)c5)nn34)[nH]c2c1. The van der Waals surface area contributed by atoms with Gasteiger partial charge < -0.3 is 41.5 Å². The summed E-state index contributed by atoms with van der Waals surface area (Å²) >= 11 is 3.57. The number of hydrogen-bond acceptors (Lipinski definition) is 17. The Labute approximate surface area is 830 Å². The van der Waals surface area contributed by atoms with E-state index in [0.717, 1.165) is 148 Å². The molecule has 25 aromatic rings. The number of imidazole rings is 5. The van der Waals surface area contributed by atoms with E-state index in [1.165, 1.54) is 135 Å². The summed E-state index contributed by atoms with van der Waals surface area (Å²) in [4.78, 5) is 35.5. The van der Waals surface area contributed by atoms with Gasteiger partial charge in [-0.3, -0.25) is 0 Å². The Balaban J connectivity index is 0.000000108. The molecular formula is C117H109N23S2. The Bertz CT molecular complexity index is 8650. The van der Waals surface area contributed by atoms with E-state index in [-0.39, 0.29) is 7.43 Å². The van der Waals surface area contributed by atoms with Crippen molar-refractivity contribution in [1.82, 2.24) is 87.9 Å². The van der Waals surface area contributed by atoms with Crippen molar-refractivity contribution >= 4 is 161 Å². The molecule has 15 aromatic heterocycles. The maximum Gasteiger partial charge on any atom is 0.154 e. The second-order valence-corrected chi connectivity index (χ2v) is 38.9. The molecule has 0 aliphatic rings. The molecule has 0 unspecified atom stereocenters. The Hall–Kier alpha value is -17.2. The molecule has 0 aliphatic heterocycles. The van der Waals surface area contributed by atoms with E-state index in [9.17, 15) is 0 Å². The summed E-state index contributed by atoms with van der Waals surface area (Å²) < 4.78 is 12.1. The Morgan fingerprint density at radius 1 is 0.232 bits per heavy atom. The first-order valence-electron chi connectivity index (χ1n) is 47.0. The first-order valence-corrected chi connectivity index (χ1v) is 48.7. The lowest BCUT2D eigenvalue weighted by atomic mass is 10.1. The number of benzene rings is 10. The average molecular weight is 1900 g/mol. The number of thiophene rings is 2. The van der Waals surface area contributed by atoms with Crippen LogP contribution in [-0.4, -0.2) is 87.9 Å². The molecule has 704 valence electrons. The zero-order valence-electron chi connectivity index (χ0n) is 81.3. The number of H-pyrrole nitrogens is 3. The van der Waals surface area contributed by atoms with Crippen molar-refractivity contribution in [3.8, 4) is 55.3 Å². The van der Waals surface area contributed by atoms with Crippen LogP contribution in [0, 0.1) is 111 Å². The van der Waals surface area contributed by atoms with Crippen molar-refractivity contribution in [2.45, 2.75) is 118 Å². The van der Waals surface area contributed by atoms with Gasteiger partial charge in [0, 0.05) is 70.5 Å². The highest BCUT2D eigenvalue weighted by molar-refractivity contribution is 7.22. The van der Waals surface area contributed by atoms with Crippen molar-refractivity contribution in [2.75, 3.05) is 26.6 Å². The average Bonchev–Trinajstić information content (AvgIpc) is 1.68. The smallest absolute Gasteiger partial charge is 0.154 e. The minimum Gasteiger partial charge on any atom is -0.353 e. The molecule has 0 saturated carbocycles. The van der Waals surface area contributed by atoms with Crippen LogP contribution in [-0.2, 0) is 0 Å². The Kier molecular flexibility index (Phi) is 25.2. The summed E-state index contributed by atoms with van der Waals surface area (Å²) in [7, 11) is 0. The van der Waals surface area contributed by atoms with Crippen LogP contribution in [0.15, 0.2) is 298 Å². The maximum absolute atomic E-state index is 4.81. The van der Waals surface area contributed by atoms with E-state index in [1.54, 1.807) is 22.7 Å². The largest absolute Gasteiger partial charge is 0.353 e. The number of hydrogen-bond donors (Lipinski definition) is 8. The van der Waals surface area contributed by atoms with Gasteiger partial charge in [0.2, 0.25) is 0 Å². The Morgan fingerprint density at radius 2 is 0.570 bits per heavy atom. The van der Waals surface area contributed by atoms with Crippen molar-refractivity contribution in [3.63, 3.8) is 0 Å². The standard InChI is InChI=1S/C24H22N4S.3C23H21N5.C23H20N4S.CH4/c1-14-5-6-19(10-16(14)3)26-23-7-8-24-25-13-20(28(24)27-23)22-12-18-9-15(2)17(4)11-21(18)29-22;1-14-4-7-19-17(10-14)12-20(26-19)21-13-24-23-9-8-22(27-28(21)23)25-18-6-5-15(2)16(3)11-18;1-14-4-6-17-12-20(26-19(17)10-14)21-13-24-23-9-8-22(27-28(21)23)25-18-7-5-15(2)16(3)11-18;1-14-7-8-18(11-16(14)3)25-21-9-10-22-24-13-20(28(22)27-21)19-12-17-6-4-5-15(2)23(17)26-19;1-14-7-8-18(11-16(14)3)25-21-9-10-22-24-13-19(27(22)26-21)20-12-17-6-4-5-15(2)23(17)28-20;/h5-13H,1-4H3,(H,26,27);3*4-13,26H,1-3H3,(H,25,27);4-13H,1-3H3,(H,25,26);1H4. The molecule has 25 rings (SSSR count). The number of anilines is 10. The van der Waals surface area contributed by atoms with Gasteiger partial charge in [0.15, 0.2) is 57.3 Å². The molecule has 0 bridgehead atoms. The van der Waals surface area contributed by atoms with Gasteiger partial charge in [-0.1, -0.05) is 104 Å². The zero-order chi connectivity index (χ0) is 97.1. The van der Waals surface area contributed by atoms with Gasteiger partial charge in [0.05, 0.1) is 57.8 Å². The number of aromatic nitrogens is 18. The molecule has 0 spiro atoms. The van der Waals surface area contributed by atoms with Crippen LogP contribution in [0.3, 0.4) is 0 Å². The lowest BCUT2D eigenvalue weighted by Crippen LogP contribution is -2.00. The predicted molar refractivity (Wildman–Crippen MR) is 590 cm³/mol.